The Morgan fingerprint density at radius 2 is 1.92 bits per heavy atom. The molecule has 12 heavy (non-hydrogen) atoms. The number of cyclic esters (lactones) is 1. The highest BCUT2D eigenvalue weighted by atomic mass is 16.6. The number of ether oxygens (including phenoxy) is 1. The average molecular weight is 172 g/mol. The highest BCUT2D eigenvalue weighted by Gasteiger charge is 2.50. The van der Waals surface area contributed by atoms with Gasteiger partial charge in [-0.1, -0.05) is 13.8 Å². The molecule has 3 heteroatoms. The zero-order chi connectivity index (χ0) is 9.57. The predicted octanol–water partition coefficient (Wildman–Crippen LogP) is 1.10. The molecule has 0 amide bonds. The van der Waals surface area contributed by atoms with E-state index in [2.05, 4.69) is 0 Å². The SMILES string of the molecule is CC1(C)OC(=O)CC(O)C1(C)C. The van der Waals surface area contributed by atoms with Crippen LogP contribution in [-0.4, -0.2) is 22.8 Å². The van der Waals surface area contributed by atoms with Gasteiger partial charge in [0, 0.05) is 5.41 Å². The third-order valence-corrected chi connectivity index (χ3v) is 3.11. The molecule has 0 radical (unpaired) electrons. The molecule has 1 aliphatic heterocycles. The molecule has 1 heterocycles. The van der Waals surface area contributed by atoms with E-state index < -0.39 is 11.7 Å². The molecule has 0 bridgehead atoms. The highest BCUT2D eigenvalue weighted by molar-refractivity contribution is 5.71. The van der Waals surface area contributed by atoms with E-state index in [4.69, 9.17) is 4.74 Å². The van der Waals surface area contributed by atoms with Gasteiger partial charge in [-0.15, -0.1) is 0 Å². The molecule has 0 spiro atoms. The fraction of sp³-hybridized carbons (Fsp3) is 0.889. The quantitative estimate of drug-likeness (QED) is 0.556. The molecule has 1 rings (SSSR count). The van der Waals surface area contributed by atoms with Gasteiger partial charge >= 0.3 is 5.97 Å². The number of hydrogen-bond acceptors (Lipinski definition) is 3. The van der Waals surface area contributed by atoms with Crippen LogP contribution in [0.1, 0.15) is 34.1 Å². The van der Waals surface area contributed by atoms with Gasteiger partial charge < -0.3 is 9.84 Å². The zero-order valence-electron chi connectivity index (χ0n) is 8.05. The summed E-state index contributed by atoms with van der Waals surface area (Å²) in [5.41, 5.74) is -0.956. The Hall–Kier alpha value is -0.570. The van der Waals surface area contributed by atoms with Gasteiger partial charge in [0.2, 0.25) is 0 Å². The molecular formula is C9H16O3. The lowest BCUT2D eigenvalue weighted by Gasteiger charge is -2.47. The summed E-state index contributed by atoms with van der Waals surface area (Å²) in [7, 11) is 0. The van der Waals surface area contributed by atoms with Crippen molar-refractivity contribution in [3.05, 3.63) is 0 Å². The van der Waals surface area contributed by atoms with E-state index >= 15 is 0 Å². The standard InChI is InChI=1S/C9H16O3/c1-8(2)6(10)5-7(11)12-9(8,3)4/h6,10H,5H2,1-4H3. The van der Waals surface area contributed by atoms with Gasteiger partial charge in [0.15, 0.2) is 0 Å². The van der Waals surface area contributed by atoms with Crippen LogP contribution < -0.4 is 0 Å². The summed E-state index contributed by atoms with van der Waals surface area (Å²) in [5.74, 6) is -0.313. The molecule has 0 saturated carbocycles. The predicted molar refractivity (Wildman–Crippen MR) is 44.6 cm³/mol. The lowest BCUT2D eigenvalue weighted by molar-refractivity contribution is -0.201. The van der Waals surface area contributed by atoms with Gasteiger partial charge in [0.25, 0.3) is 0 Å². The van der Waals surface area contributed by atoms with E-state index in [1.165, 1.54) is 0 Å². The van der Waals surface area contributed by atoms with Crippen LogP contribution in [0.2, 0.25) is 0 Å². The van der Waals surface area contributed by atoms with Crippen LogP contribution in [-0.2, 0) is 9.53 Å². The first kappa shape index (κ1) is 9.52. The van der Waals surface area contributed by atoms with Crippen molar-refractivity contribution in [2.45, 2.75) is 45.8 Å². The molecule has 1 fully saturated rings. The van der Waals surface area contributed by atoms with Crippen LogP contribution in [0.4, 0.5) is 0 Å². The van der Waals surface area contributed by atoms with Gasteiger partial charge in [-0.2, -0.15) is 0 Å². The maximum atomic E-state index is 11.0. The summed E-state index contributed by atoms with van der Waals surface area (Å²) in [6.45, 7) is 7.47. The lowest BCUT2D eigenvalue weighted by atomic mass is 9.70. The van der Waals surface area contributed by atoms with Gasteiger partial charge in [-0.25, -0.2) is 0 Å². The number of rotatable bonds is 0. The Balaban J connectivity index is 2.94. The van der Waals surface area contributed by atoms with Crippen LogP contribution in [0.5, 0.6) is 0 Å². The molecule has 0 aromatic heterocycles. The minimum atomic E-state index is -0.603. The molecule has 0 aromatic carbocycles. The third kappa shape index (κ3) is 1.22. The summed E-state index contributed by atoms with van der Waals surface area (Å²) in [4.78, 5) is 11.0. The molecule has 1 atom stereocenters. The van der Waals surface area contributed by atoms with Gasteiger partial charge in [-0.3, -0.25) is 4.79 Å². The maximum Gasteiger partial charge on any atom is 0.308 e. The van der Waals surface area contributed by atoms with E-state index in [0.29, 0.717) is 0 Å². The van der Waals surface area contributed by atoms with Gasteiger partial charge in [0.1, 0.15) is 5.60 Å². The van der Waals surface area contributed by atoms with Crippen molar-refractivity contribution in [1.29, 1.82) is 0 Å². The summed E-state index contributed by atoms with van der Waals surface area (Å²) in [5, 5.41) is 9.64. The van der Waals surface area contributed by atoms with E-state index in [1.807, 2.05) is 27.7 Å². The fourth-order valence-corrected chi connectivity index (χ4v) is 1.27. The second-order valence-electron chi connectivity index (χ2n) is 4.43. The second-order valence-corrected chi connectivity index (χ2v) is 4.43. The van der Waals surface area contributed by atoms with Crippen molar-refractivity contribution in [2.24, 2.45) is 5.41 Å². The Kier molecular flexibility index (Phi) is 1.95. The highest BCUT2D eigenvalue weighted by Crippen LogP contribution is 2.41. The number of carbonyl (C=O) groups excluding carboxylic acids is 1. The topological polar surface area (TPSA) is 46.5 Å². The summed E-state index contributed by atoms with van der Waals surface area (Å²) in [6.07, 6.45) is -0.495. The van der Waals surface area contributed by atoms with Crippen molar-refractivity contribution in [2.75, 3.05) is 0 Å². The number of hydrogen-bond donors (Lipinski definition) is 1. The Bertz CT molecular complexity index is 206. The Morgan fingerprint density at radius 1 is 1.42 bits per heavy atom. The van der Waals surface area contributed by atoms with Crippen molar-refractivity contribution in [3.8, 4) is 0 Å². The number of esters is 1. The molecule has 1 unspecified atom stereocenters. The van der Waals surface area contributed by atoms with E-state index in [0.717, 1.165) is 0 Å². The first-order valence-electron chi connectivity index (χ1n) is 4.17. The smallest absolute Gasteiger partial charge is 0.308 e. The zero-order valence-corrected chi connectivity index (χ0v) is 8.05. The molecule has 0 aromatic rings. The lowest BCUT2D eigenvalue weighted by Crippen LogP contribution is -2.55. The van der Waals surface area contributed by atoms with Crippen LogP contribution in [0.25, 0.3) is 0 Å². The molecule has 1 saturated heterocycles. The minimum Gasteiger partial charge on any atom is -0.459 e. The maximum absolute atomic E-state index is 11.0. The Morgan fingerprint density at radius 3 is 2.33 bits per heavy atom. The third-order valence-electron chi connectivity index (χ3n) is 3.11. The molecule has 3 nitrogen and oxygen atoms in total. The average Bonchev–Trinajstić information content (AvgIpc) is 1.82. The van der Waals surface area contributed by atoms with Crippen molar-refractivity contribution >= 4 is 5.97 Å². The van der Waals surface area contributed by atoms with E-state index in [-0.39, 0.29) is 17.8 Å². The normalized spacial score (nSPS) is 32.8. The molecular weight excluding hydrogens is 156 g/mol. The van der Waals surface area contributed by atoms with Crippen molar-refractivity contribution < 1.29 is 14.6 Å². The summed E-state index contributed by atoms with van der Waals surface area (Å²) >= 11 is 0. The van der Waals surface area contributed by atoms with Crippen LogP contribution in [0.3, 0.4) is 0 Å². The fourth-order valence-electron chi connectivity index (χ4n) is 1.27. The van der Waals surface area contributed by atoms with Crippen LogP contribution >= 0.6 is 0 Å². The minimum absolute atomic E-state index is 0.108. The number of aliphatic hydroxyl groups excluding tert-OH is 1. The molecule has 0 aliphatic carbocycles. The van der Waals surface area contributed by atoms with Gasteiger partial charge in [0.05, 0.1) is 12.5 Å². The van der Waals surface area contributed by atoms with Crippen LogP contribution in [0, 0.1) is 5.41 Å². The van der Waals surface area contributed by atoms with Gasteiger partial charge in [-0.05, 0) is 13.8 Å². The number of carbonyl (C=O) groups is 1. The van der Waals surface area contributed by atoms with Crippen molar-refractivity contribution in [1.82, 2.24) is 0 Å². The monoisotopic (exact) mass is 172 g/mol. The molecule has 1 N–H and O–H groups in total. The first-order chi connectivity index (χ1) is 5.27. The van der Waals surface area contributed by atoms with E-state index in [9.17, 15) is 9.90 Å². The largest absolute Gasteiger partial charge is 0.459 e. The summed E-state index contributed by atoms with van der Waals surface area (Å²) < 4.78 is 5.16. The second kappa shape index (κ2) is 2.46. The first-order valence-corrected chi connectivity index (χ1v) is 4.17. The van der Waals surface area contributed by atoms with Crippen LogP contribution in [0.15, 0.2) is 0 Å². The molecule has 70 valence electrons. The Labute approximate surface area is 72.7 Å². The number of aliphatic hydroxyl groups is 1. The molecule has 1 aliphatic rings. The van der Waals surface area contributed by atoms with E-state index in [1.54, 1.807) is 0 Å². The van der Waals surface area contributed by atoms with Crippen molar-refractivity contribution in [3.63, 3.8) is 0 Å². The summed E-state index contributed by atoms with van der Waals surface area (Å²) in [6, 6.07) is 0.